The highest BCUT2D eigenvalue weighted by Gasteiger charge is 2.43. The maximum atomic E-state index is 13.7. The first-order valence-corrected chi connectivity index (χ1v) is 8.71. The first-order chi connectivity index (χ1) is 13.1. The minimum Gasteiger partial charge on any atom is -0.493 e. The van der Waals surface area contributed by atoms with Gasteiger partial charge >= 0.3 is 0 Å². The van der Waals surface area contributed by atoms with Crippen LogP contribution in [-0.2, 0) is 11.4 Å². The van der Waals surface area contributed by atoms with E-state index in [1.165, 1.54) is 18.1 Å². The van der Waals surface area contributed by atoms with Crippen molar-refractivity contribution in [2.75, 3.05) is 19.0 Å². The van der Waals surface area contributed by atoms with Crippen molar-refractivity contribution in [3.63, 3.8) is 0 Å². The van der Waals surface area contributed by atoms with Crippen molar-refractivity contribution in [3.8, 4) is 11.5 Å². The van der Waals surface area contributed by atoms with Gasteiger partial charge in [-0.3, -0.25) is 9.59 Å². The molecule has 0 bridgehead atoms. The third-order valence-electron chi connectivity index (χ3n) is 4.84. The van der Waals surface area contributed by atoms with Crippen molar-refractivity contribution in [3.05, 3.63) is 53.6 Å². The second-order valence-electron chi connectivity index (χ2n) is 6.62. The van der Waals surface area contributed by atoms with Crippen molar-refractivity contribution in [1.82, 2.24) is 4.90 Å². The average Bonchev–Trinajstić information content (AvgIpc) is 3.05. The molecule has 0 saturated carbocycles. The van der Waals surface area contributed by atoms with Crippen molar-refractivity contribution < 1.29 is 23.5 Å². The number of carbonyl (C=O) groups excluding carboxylic acids is 2. The lowest BCUT2D eigenvalue weighted by Gasteiger charge is -2.19. The summed E-state index contributed by atoms with van der Waals surface area (Å²) in [5.41, 5.74) is 1.59. The number of amides is 2. The van der Waals surface area contributed by atoms with Gasteiger partial charge in [0.05, 0.1) is 24.9 Å². The molecule has 2 aromatic rings. The standard InChI is InChI=1S/C20H19FN2O4/c1-26-17-8-14-15(9-18(17)27-11-12-5-3-2-4-6-12)22-19(24)16-7-13(21)10-23(16)20(14)25/h2-6,8-9,13,16H,7,10-11H2,1H3,(H,22,24)/t13-,16+/m1/s1. The van der Waals surface area contributed by atoms with E-state index in [0.29, 0.717) is 23.8 Å². The molecule has 2 amide bonds. The first-order valence-electron chi connectivity index (χ1n) is 8.71. The highest BCUT2D eigenvalue weighted by Crippen LogP contribution is 2.38. The number of methoxy groups -OCH3 is 1. The van der Waals surface area contributed by atoms with Crippen LogP contribution in [0.25, 0.3) is 0 Å². The minimum absolute atomic E-state index is 0.0139. The summed E-state index contributed by atoms with van der Waals surface area (Å²) in [4.78, 5) is 26.6. The fraction of sp³-hybridized carbons (Fsp3) is 0.300. The smallest absolute Gasteiger partial charge is 0.256 e. The highest BCUT2D eigenvalue weighted by atomic mass is 19.1. The third kappa shape index (κ3) is 3.20. The Hall–Kier alpha value is -3.09. The van der Waals surface area contributed by atoms with Crippen LogP contribution in [0, 0.1) is 0 Å². The number of nitrogens with one attached hydrogen (secondary N) is 1. The number of carbonyl (C=O) groups is 2. The molecule has 2 atom stereocenters. The molecule has 0 aliphatic carbocycles. The Morgan fingerprint density at radius 3 is 2.70 bits per heavy atom. The Balaban J connectivity index is 1.66. The molecule has 140 valence electrons. The normalized spacial score (nSPS) is 21.2. The van der Waals surface area contributed by atoms with Crippen LogP contribution in [0.5, 0.6) is 11.5 Å². The zero-order valence-corrected chi connectivity index (χ0v) is 14.8. The summed E-state index contributed by atoms with van der Waals surface area (Å²) in [6.07, 6.45) is -1.18. The van der Waals surface area contributed by atoms with Gasteiger partial charge in [0.2, 0.25) is 5.91 Å². The molecule has 1 fully saturated rings. The number of hydrogen-bond donors (Lipinski definition) is 1. The van der Waals surface area contributed by atoms with Gasteiger partial charge in [0.1, 0.15) is 18.8 Å². The topological polar surface area (TPSA) is 67.9 Å². The average molecular weight is 370 g/mol. The van der Waals surface area contributed by atoms with E-state index < -0.39 is 12.2 Å². The lowest BCUT2D eigenvalue weighted by molar-refractivity contribution is -0.119. The van der Waals surface area contributed by atoms with Gasteiger partial charge in [-0.1, -0.05) is 30.3 Å². The van der Waals surface area contributed by atoms with Crippen molar-refractivity contribution >= 4 is 17.5 Å². The predicted molar refractivity (Wildman–Crippen MR) is 96.7 cm³/mol. The van der Waals surface area contributed by atoms with Gasteiger partial charge in [0.15, 0.2) is 11.5 Å². The molecule has 1 N–H and O–H groups in total. The summed E-state index contributed by atoms with van der Waals surface area (Å²) < 4.78 is 24.9. The van der Waals surface area contributed by atoms with E-state index in [-0.39, 0.29) is 30.3 Å². The molecule has 0 unspecified atom stereocenters. The summed E-state index contributed by atoms with van der Waals surface area (Å²) in [5.74, 6) is 0.0168. The van der Waals surface area contributed by atoms with Crippen LogP contribution in [0.1, 0.15) is 22.3 Å². The monoisotopic (exact) mass is 370 g/mol. The molecule has 1 saturated heterocycles. The van der Waals surface area contributed by atoms with E-state index in [1.807, 2.05) is 30.3 Å². The SMILES string of the molecule is COc1cc2c(cc1OCc1ccccc1)NC(=O)[C@@H]1C[C@@H](F)CN1C2=O. The molecule has 2 heterocycles. The van der Waals surface area contributed by atoms with Crippen molar-refractivity contribution in [2.45, 2.75) is 25.2 Å². The number of fused-ring (bicyclic) bond motifs is 2. The Labute approximate surface area is 155 Å². The van der Waals surface area contributed by atoms with Crippen molar-refractivity contribution in [1.29, 1.82) is 0 Å². The maximum absolute atomic E-state index is 13.7. The maximum Gasteiger partial charge on any atom is 0.256 e. The lowest BCUT2D eigenvalue weighted by atomic mass is 10.1. The van der Waals surface area contributed by atoms with E-state index in [2.05, 4.69) is 5.32 Å². The molecular weight excluding hydrogens is 351 g/mol. The van der Waals surface area contributed by atoms with Gasteiger partial charge in [0.25, 0.3) is 5.91 Å². The van der Waals surface area contributed by atoms with Gasteiger partial charge in [0, 0.05) is 12.5 Å². The molecule has 0 aromatic heterocycles. The fourth-order valence-corrected chi connectivity index (χ4v) is 3.48. The minimum atomic E-state index is -1.19. The Morgan fingerprint density at radius 1 is 1.19 bits per heavy atom. The first kappa shape index (κ1) is 17.3. The second kappa shape index (κ2) is 6.90. The number of halogens is 1. The summed E-state index contributed by atoms with van der Waals surface area (Å²) in [7, 11) is 1.48. The Kier molecular flexibility index (Phi) is 4.43. The van der Waals surface area contributed by atoms with Crippen LogP contribution in [-0.4, -0.2) is 42.6 Å². The summed E-state index contributed by atoms with van der Waals surface area (Å²) in [6.45, 7) is 0.237. The number of benzene rings is 2. The van der Waals surface area contributed by atoms with Crippen LogP contribution >= 0.6 is 0 Å². The van der Waals surface area contributed by atoms with Gasteiger partial charge in [-0.2, -0.15) is 0 Å². The van der Waals surface area contributed by atoms with Crippen molar-refractivity contribution in [2.24, 2.45) is 0 Å². The highest BCUT2D eigenvalue weighted by molar-refractivity contribution is 6.10. The number of nitrogens with zero attached hydrogens (tertiary/aromatic N) is 1. The molecule has 2 aromatic carbocycles. The quantitative estimate of drug-likeness (QED) is 0.899. The summed E-state index contributed by atoms with van der Waals surface area (Å²) in [5, 5.41) is 2.73. The second-order valence-corrected chi connectivity index (χ2v) is 6.62. The molecule has 7 heteroatoms. The number of alkyl halides is 1. The summed E-state index contributed by atoms with van der Waals surface area (Å²) in [6, 6.07) is 11.9. The van der Waals surface area contributed by atoms with E-state index in [1.54, 1.807) is 6.07 Å². The van der Waals surface area contributed by atoms with Crippen LogP contribution in [0.3, 0.4) is 0 Å². The van der Waals surface area contributed by atoms with E-state index in [9.17, 15) is 14.0 Å². The number of rotatable bonds is 4. The molecule has 4 rings (SSSR count). The Morgan fingerprint density at radius 2 is 1.96 bits per heavy atom. The van der Waals surface area contributed by atoms with Crippen LogP contribution in [0.4, 0.5) is 10.1 Å². The molecule has 2 aliphatic rings. The van der Waals surface area contributed by atoms with E-state index in [0.717, 1.165) is 5.56 Å². The van der Waals surface area contributed by atoms with Gasteiger partial charge < -0.3 is 19.7 Å². The van der Waals surface area contributed by atoms with Crippen LogP contribution in [0.2, 0.25) is 0 Å². The number of anilines is 1. The Bertz CT molecular complexity index is 887. The summed E-state index contributed by atoms with van der Waals surface area (Å²) >= 11 is 0. The number of hydrogen-bond acceptors (Lipinski definition) is 4. The van der Waals surface area contributed by atoms with E-state index >= 15 is 0 Å². The zero-order chi connectivity index (χ0) is 19.0. The van der Waals surface area contributed by atoms with Gasteiger partial charge in [-0.25, -0.2) is 4.39 Å². The fourth-order valence-electron chi connectivity index (χ4n) is 3.48. The third-order valence-corrected chi connectivity index (χ3v) is 4.84. The molecular formula is C20H19FN2O4. The number of ether oxygens (including phenoxy) is 2. The predicted octanol–water partition coefficient (Wildman–Crippen LogP) is 2.78. The molecule has 0 radical (unpaired) electrons. The molecule has 27 heavy (non-hydrogen) atoms. The van der Waals surface area contributed by atoms with Crippen LogP contribution in [0.15, 0.2) is 42.5 Å². The molecule has 0 spiro atoms. The van der Waals surface area contributed by atoms with E-state index in [4.69, 9.17) is 9.47 Å². The molecule has 6 nitrogen and oxygen atoms in total. The lowest BCUT2D eigenvalue weighted by Crippen LogP contribution is -2.40. The zero-order valence-electron chi connectivity index (χ0n) is 14.8. The largest absolute Gasteiger partial charge is 0.493 e. The van der Waals surface area contributed by atoms with Gasteiger partial charge in [-0.05, 0) is 11.6 Å². The van der Waals surface area contributed by atoms with Crippen LogP contribution < -0.4 is 14.8 Å². The van der Waals surface area contributed by atoms with Gasteiger partial charge in [-0.15, -0.1) is 0 Å². The molecule has 2 aliphatic heterocycles.